The number of rotatable bonds is 6. The van der Waals surface area contributed by atoms with Gasteiger partial charge in [-0.3, -0.25) is 4.79 Å². The Hall–Kier alpha value is -2.83. The zero-order valence-electron chi connectivity index (χ0n) is 14.6. The Bertz CT molecular complexity index is 736. The molecule has 0 radical (unpaired) electrons. The second-order valence-electron chi connectivity index (χ2n) is 6.62. The van der Waals surface area contributed by atoms with Crippen molar-refractivity contribution in [3.05, 3.63) is 48.3 Å². The number of hydrogen-bond acceptors (Lipinski definition) is 3. The number of hydrogen-bond donors (Lipinski definition) is 3. The molecule has 3 N–H and O–H groups in total. The van der Waals surface area contributed by atoms with Gasteiger partial charge in [0.05, 0.1) is 17.3 Å². The maximum atomic E-state index is 12.0. The Balaban J connectivity index is 1.38. The van der Waals surface area contributed by atoms with E-state index >= 15 is 0 Å². The molecule has 7 heteroatoms. The first-order valence-electron chi connectivity index (χ1n) is 8.99. The number of nitrogens with zero attached hydrogens (tertiary/aromatic N) is 2. The normalized spacial score (nSPS) is 19.7. The molecule has 138 valence electrons. The van der Waals surface area contributed by atoms with Crippen LogP contribution in [0.3, 0.4) is 0 Å². The van der Waals surface area contributed by atoms with Crippen molar-refractivity contribution in [1.29, 1.82) is 0 Å². The van der Waals surface area contributed by atoms with Crippen molar-refractivity contribution in [2.75, 3.05) is 6.54 Å². The SMILES string of the molecule is O=C(NCCc1ccn(-c2ccccc2)n1)NC1CCC(C(=O)O)CC1. The molecule has 1 aromatic heterocycles. The van der Waals surface area contributed by atoms with Crippen LogP contribution in [-0.2, 0) is 11.2 Å². The van der Waals surface area contributed by atoms with Gasteiger partial charge in [0.1, 0.15) is 0 Å². The highest BCUT2D eigenvalue weighted by Gasteiger charge is 2.26. The lowest BCUT2D eigenvalue weighted by molar-refractivity contribution is -0.142. The maximum Gasteiger partial charge on any atom is 0.315 e. The molecule has 1 aliphatic carbocycles. The van der Waals surface area contributed by atoms with Crippen LogP contribution in [0.1, 0.15) is 31.4 Å². The highest BCUT2D eigenvalue weighted by Crippen LogP contribution is 2.24. The fourth-order valence-electron chi connectivity index (χ4n) is 3.24. The average molecular weight is 356 g/mol. The number of carboxylic acids is 1. The van der Waals surface area contributed by atoms with E-state index in [2.05, 4.69) is 15.7 Å². The Kier molecular flexibility index (Phi) is 5.88. The second kappa shape index (κ2) is 8.51. The van der Waals surface area contributed by atoms with E-state index in [-0.39, 0.29) is 18.0 Å². The van der Waals surface area contributed by atoms with E-state index < -0.39 is 5.97 Å². The van der Waals surface area contributed by atoms with Gasteiger partial charge in [-0.2, -0.15) is 5.10 Å². The quantitative estimate of drug-likeness (QED) is 0.740. The smallest absolute Gasteiger partial charge is 0.315 e. The minimum absolute atomic E-state index is 0.0582. The lowest BCUT2D eigenvalue weighted by Gasteiger charge is -2.26. The third-order valence-corrected chi connectivity index (χ3v) is 4.74. The van der Waals surface area contributed by atoms with Crippen LogP contribution in [0.4, 0.5) is 4.79 Å². The van der Waals surface area contributed by atoms with Crippen LogP contribution in [0.2, 0.25) is 0 Å². The Morgan fingerprint density at radius 2 is 1.85 bits per heavy atom. The zero-order valence-corrected chi connectivity index (χ0v) is 14.6. The molecule has 0 atom stereocenters. The number of amides is 2. The molecule has 0 saturated heterocycles. The van der Waals surface area contributed by atoms with E-state index in [1.165, 1.54) is 0 Å². The Morgan fingerprint density at radius 3 is 2.54 bits per heavy atom. The third-order valence-electron chi connectivity index (χ3n) is 4.74. The monoisotopic (exact) mass is 356 g/mol. The van der Waals surface area contributed by atoms with Crippen molar-refractivity contribution in [2.45, 2.75) is 38.1 Å². The van der Waals surface area contributed by atoms with Crippen LogP contribution in [0.5, 0.6) is 0 Å². The van der Waals surface area contributed by atoms with E-state index in [9.17, 15) is 9.59 Å². The van der Waals surface area contributed by atoms with Gasteiger partial charge in [-0.15, -0.1) is 0 Å². The lowest BCUT2D eigenvalue weighted by atomic mass is 9.86. The number of aliphatic carboxylic acids is 1. The molecule has 26 heavy (non-hydrogen) atoms. The number of carboxylic acid groups (broad SMARTS) is 1. The van der Waals surface area contributed by atoms with Crippen LogP contribution in [0.15, 0.2) is 42.6 Å². The first-order chi connectivity index (χ1) is 12.6. The maximum absolute atomic E-state index is 12.0. The molecule has 0 aliphatic heterocycles. The largest absolute Gasteiger partial charge is 0.481 e. The summed E-state index contributed by atoms with van der Waals surface area (Å²) in [6.45, 7) is 0.502. The van der Waals surface area contributed by atoms with Gasteiger partial charge < -0.3 is 15.7 Å². The molecule has 1 fully saturated rings. The number of para-hydroxylation sites is 1. The topological polar surface area (TPSA) is 96.3 Å². The minimum atomic E-state index is -0.733. The van der Waals surface area contributed by atoms with Gasteiger partial charge in [-0.25, -0.2) is 9.48 Å². The average Bonchev–Trinajstić information content (AvgIpc) is 3.12. The van der Waals surface area contributed by atoms with Crippen molar-refractivity contribution in [3.8, 4) is 5.69 Å². The van der Waals surface area contributed by atoms with Crippen LogP contribution in [0, 0.1) is 5.92 Å². The molecule has 1 aromatic carbocycles. The van der Waals surface area contributed by atoms with Crippen LogP contribution in [-0.4, -0.2) is 39.5 Å². The summed E-state index contributed by atoms with van der Waals surface area (Å²) in [7, 11) is 0. The van der Waals surface area contributed by atoms with Crippen molar-refractivity contribution in [3.63, 3.8) is 0 Å². The number of nitrogens with one attached hydrogen (secondary N) is 2. The van der Waals surface area contributed by atoms with Gasteiger partial charge >= 0.3 is 12.0 Å². The van der Waals surface area contributed by atoms with Crippen LogP contribution in [0.25, 0.3) is 5.69 Å². The standard InChI is InChI=1S/C19H24N4O3/c24-18(25)14-6-8-15(9-7-14)21-19(26)20-12-10-16-11-13-23(22-16)17-4-2-1-3-5-17/h1-5,11,13-15H,6-10,12H2,(H,24,25)(H2,20,21,26). The molecule has 0 spiro atoms. The summed E-state index contributed by atoms with van der Waals surface area (Å²) >= 11 is 0. The van der Waals surface area contributed by atoms with E-state index in [4.69, 9.17) is 5.11 Å². The molecular weight excluding hydrogens is 332 g/mol. The minimum Gasteiger partial charge on any atom is -0.481 e. The molecule has 0 unspecified atom stereocenters. The van der Waals surface area contributed by atoms with E-state index in [1.54, 1.807) is 0 Å². The highest BCUT2D eigenvalue weighted by molar-refractivity contribution is 5.74. The number of urea groups is 1. The van der Waals surface area contributed by atoms with Gasteiger partial charge in [0.15, 0.2) is 0 Å². The fourth-order valence-corrected chi connectivity index (χ4v) is 3.24. The van der Waals surface area contributed by atoms with Crippen molar-refractivity contribution in [2.24, 2.45) is 5.92 Å². The van der Waals surface area contributed by atoms with E-state index in [1.807, 2.05) is 47.3 Å². The van der Waals surface area contributed by atoms with E-state index in [0.717, 1.165) is 11.4 Å². The summed E-state index contributed by atoms with van der Waals surface area (Å²) in [6.07, 6.45) is 5.23. The molecule has 2 aromatic rings. The Labute approximate surface area is 152 Å². The van der Waals surface area contributed by atoms with Crippen molar-refractivity contribution in [1.82, 2.24) is 20.4 Å². The fraction of sp³-hybridized carbons (Fsp3) is 0.421. The molecule has 1 heterocycles. The second-order valence-corrected chi connectivity index (χ2v) is 6.62. The molecule has 1 aliphatic rings. The molecule has 2 amide bonds. The predicted octanol–water partition coefficient (Wildman–Crippen LogP) is 2.36. The highest BCUT2D eigenvalue weighted by atomic mass is 16.4. The summed E-state index contributed by atoms with van der Waals surface area (Å²) in [5.74, 6) is -1.00. The van der Waals surface area contributed by atoms with Gasteiger partial charge in [0.2, 0.25) is 0 Å². The van der Waals surface area contributed by atoms with Gasteiger partial charge in [-0.1, -0.05) is 18.2 Å². The molecule has 0 bridgehead atoms. The first kappa shape index (κ1) is 18.0. The molecule has 7 nitrogen and oxygen atoms in total. The van der Waals surface area contributed by atoms with Crippen LogP contribution < -0.4 is 10.6 Å². The number of aromatic nitrogens is 2. The number of carbonyl (C=O) groups is 2. The van der Waals surface area contributed by atoms with Gasteiger partial charge in [0.25, 0.3) is 0 Å². The predicted molar refractivity (Wildman–Crippen MR) is 97.2 cm³/mol. The zero-order chi connectivity index (χ0) is 18.4. The summed E-state index contributed by atoms with van der Waals surface area (Å²) in [4.78, 5) is 22.9. The van der Waals surface area contributed by atoms with Crippen LogP contribution >= 0.6 is 0 Å². The Morgan fingerprint density at radius 1 is 1.12 bits per heavy atom. The summed E-state index contributed by atoms with van der Waals surface area (Å²) in [5.41, 5.74) is 1.91. The molecule has 3 rings (SSSR count). The van der Waals surface area contributed by atoms with Crippen molar-refractivity contribution >= 4 is 12.0 Å². The third kappa shape index (κ3) is 4.84. The summed E-state index contributed by atoms with van der Waals surface area (Å²) in [5, 5.41) is 19.3. The van der Waals surface area contributed by atoms with Crippen molar-refractivity contribution < 1.29 is 14.7 Å². The van der Waals surface area contributed by atoms with Gasteiger partial charge in [-0.05, 0) is 43.9 Å². The molecule has 1 saturated carbocycles. The number of benzene rings is 1. The lowest BCUT2D eigenvalue weighted by Crippen LogP contribution is -2.44. The van der Waals surface area contributed by atoms with E-state index in [0.29, 0.717) is 38.6 Å². The summed E-state index contributed by atoms with van der Waals surface area (Å²) < 4.78 is 1.82. The number of carbonyl (C=O) groups excluding carboxylic acids is 1. The van der Waals surface area contributed by atoms with Gasteiger partial charge in [0, 0.05) is 25.2 Å². The molecular formula is C19H24N4O3. The summed E-state index contributed by atoms with van der Waals surface area (Å²) in [6, 6.07) is 11.7. The first-order valence-corrected chi connectivity index (χ1v) is 8.99.